The highest BCUT2D eigenvalue weighted by Gasteiger charge is 2.40. The molecule has 2 amide bonds. The van der Waals surface area contributed by atoms with E-state index in [1.54, 1.807) is 24.3 Å². The molecule has 1 aliphatic rings. The van der Waals surface area contributed by atoms with Crippen LogP contribution in [0.2, 0.25) is 5.02 Å². The lowest BCUT2D eigenvalue weighted by Gasteiger charge is -2.32. The molecule has 1 fully saturated rings. The highest BCUT2D eigenvalue weighted by Crippen LogP contribution is 2.30. The van der Waals surface area contributed by atoms with Crippen LogP contribution >= 0.6 is 23.8 Å². The predicted octanol–water partition coefficient (Wildman–Crippen LogP) is 3.85. The molecule has 2 aromatic carbocycles. The molecule has 1 unspecified atom stereocenters. The van der Waals surface area contributed by atoms with Crippen LogP contribution in [0, 0.1) is 5.92 Å². The van der Waals surface area contributed by atoms with Crippen LogP contribution < -0.4 is 15.0 Å². The number of para-hydroxylation sites is 1. The van der Waals surface area contributed by atoms with E-state index in [0.717, 1.165) is 11.0 Å². The lowest BCUT2D eigenvalue weighted by atomic mass is 9.95. The second kappa shape index (κ2) is 7.76. The van der Waals surface area contributed by atoms with Gasteiger partial charge in [-0.05, 0) is 54.5 Å². The number of hydrogen-bond donors (Lipinski definition) is 1. The molecule has 0 saturated carbocycles. The first-order valence-corrected chi connectivity index (χ1v) is 8.72. The van der Waals surface area contributed by atoms with Crippen LogP contribution in [0.1, 0.15) is 5.56 Å². The van der Waals surface area contributed by atoms with Gasteiger partial charge in [0, 0.05) is 5.02 Å². The van der Waals surface area contributed by atoms with Crippen LogP contribution in [0.5, 0.6) is 5.75 Å². The Hall–Kier alpha value is -2.65. The van der Waals surface area contributed by atoms with Crippen molar-refractivity contribution >= 4 is 46.4 Å². The van der Waals surface area contributed by atoms with Gasteiger partial charge in [0.25, 0.3) is 0 Å². The number of nitrogens with zero attached hydrogens (tertiary/aromatic N) is 1. The van der Waals surface area contributed by atoms with Crippen molar-refractivity contribution in [2.24, 2.45) is 5.92 Å². The minimum Gasteiger partial charge on any atom is -0.406 e. The van der Waals surface area contributed by atoms with Crippen molar-refractivity contribution in [1.82, 2.24) is 5.32 Å². The summed E-state index contributed by atoms with van der Waals surface area (Å²) in [5.74, 6) is -3.10. The second-order valence-corrected chi connectivity index (χ2v) is 6.68. The zero-order valence-corrected chi connectivity index (χ0v) is 15.6. The summed E-state index contributed by atoms with van der Waals surface area (Å²) in [7, 11) is 0. The maximum atomic E-state index is 12.9. The zero-order valence-electron chi connectivity index (χ0n) is 14.0. The molecule has 1 atom stereocenters. The van der Waals surface area contributed by atoms with E-state index in [9.17, 15) is 22.8 Å². The summed E-state index contributed by atoms with van der Waals surface area (Å²) in [6.45, 7) is 0. The minimum absolute atomic E-state index is 0.0669. The molecule has 0 spiro atoms. The molecular weight excluding hydrogens is 417 g/mol. The van der Waals surface area contributed by atoms with Gasteiger partial charge in [-0.3, -0.25) is 14.5 Å². The Balaban J connectivity index is 1.90. The van der Waals surface area contributed by atoms with Gasteiger partial charge in [0.1, 0.15) is 11.7 Å². The highest BCUT2D eigenvalue weighted by molar-refractivity contribution is 7.80. The number of alkyl halides is 3. The Kier molecular flexibility index (Phi) is 5.57. The van der Waals surface area contributed by atoms with Gasteiger partial charge in [-0.2, -0.15) is 0 Å². The normalized spacial score (nSPS) is 17.5. The quantitative estimate of drug-likeness (QED) is 0.593. The Morgan fingerprint density at radius 1 is 1.11 bits per heavy atom. The molecule has 2 aromatic rings. The summed E-state index contributed by atoms with van der Waals surface area (Å²) in [5, 5.41) is 2.74. The topological polar surface area (TPSA) is 58.6 Å². The van der Waals surface area contributed by atoms with Crippen molar-refractivity contribution in [3.63, 3.8) is 0 Å². The van der Waals surface area contributed by atoms with Gasteiger partial charge in [0.15, 0.2) is 5.11 Å². The van der Waals surface area contributed by atoms with E-state index >= 15 is 0 Å². The van der Waals surface area contributed by atoms with Gasteiger partial charge >= 0.3 is 6.36 Å². The lowest BCUT2D eigenvalue weighted by molar-refractivity contribution is -0.274. The average molecular weight is 429 g/mol. The molecule has 1 heterocycles. The number of hydrogen-bond acceptors (Lipinski definition) is 4. The summed E-state index contributed by atoms with van der Waals surface area (Å²) < 4.78 is 41.8. The van der Waals surface area contributed by atoms with Crippen molar-refractivity contribution in [3.05, 3.63) is 59.1 Å². The van der Waals surface area contributed by atoms with E-state index in [2.05, 4.69) is 10.1 Å². The molecular formula is C18H12ClF3N2O3S. The van der Waals surface area contributed by atoms with Crippen LogP contribution in [0.4, 0.5) is 18.9 Å². The molecule has 0 aliphatic carbocycles. The molecule has 3 rings (SSSR count). The number of anilines is 1. The number of carbonyl (C=O) groups excluding carboxylic acids is 2. The van der Waals surface area contributed by atoms with Gasteiger partial charge in [0.2, 0.25) is 11.8 Å². The fourth-order valence-corrected chi connectivity index (χ4v) is 3.17. The smallest absolute Gasteiger partial charge is 0.406 e. The SMILES string of the molecule is O=C1NC(=S)N(c2ccc(Cl)cc2)C(=O)C1Cc1ccccc1OC(F)(F)F. The van der Waals surface area contributed by atoms with Crippen molar-refractivity contribution in [3.8, 4) is 5.75 Å². The monoisotopic (exact) mass is 428 g/mol. The summed E-state index contributed by atoms with van der Waals surface area (Å²) in [6.07, 6.45) is -5.19. The number of ether oxygens (including phenoxy) is 1. The van der Waals surface area contributed by atoms with Gasteiger partial charge in [-0.15, -0.1) is 13.2 Å². The molecule has 28 heavy (non-hydrogen) atoms. The first-order chi connectivity index (χ1) is 13.2. The maximum Gasteiger partial charge on any atom is 0.573 e. The van der Waals surface area contributed by atoms with Gasteiger partial charge in [0.05, 0.1) is 5.69 Å². The summed E-state index contributed by atoms with van der Waals surface area (Å²) in [4.78, 5) is 26.3. The second-order valence-electron chi connectivity index (χ2n) is 5.86. The number of rotatable bonds is 4. The molecule has 146 valence electrons. The van der Waals surface area contributed by atoms with E-state index in [4.69, 9.17) is 23.8 Å². The molecule has 0 radical (unpaired) electrons. The third kappa shape index (κ3) is 4.42. The molecule has 5 nitrogen and oxygen atoms in total. The Bertz CT molecular complexity index is 934. The average Bonchev–Trinajstić information content (AvgIpc) is 2.60. The molecule has 10 heteroatoms. The van der Waals surface area contributed by atoms with Crippen molar-refractivity contribution in [2.45, 2.75) is 12.8 Å². The molecule has 0 aromatic heterocycles. The number of benzene rings is 2. The number of carbonyl (C=O) groups is 2. The summed E-state index contributed by atoms with van der Waals surface area (Å²) in [5.41, 5.74) is 0.446. The Labute approximate surface area is 168 Å². The van der Waals surface area contributed by atoms with Crippen LogP contribution in [0.3, 0.4) is 0 Å². The molecule has 1 saturated heterocycles. The maximum absolute atomic E-state index is 12.9. The fraction of sp³-hybridized carbons (Fsp3) is 0.167. The number of amides is 2. The van der Waals surface area contributed by atoms with E-state index in [1.807, 2.05) is 0 Å². The lowest BCUT2D eigenvalue weighted by Crippen LogP contribution is -2.58. The largest absolute Gasteiger partial charge is 0.573 e. The first-order valence-electron chi connectivity index (χ1n) is 7.94. The van der Waals surface area contributed by atoms with Crippen molar-refractivity contribution in [1.29, 1.82) is 0 Å². The van der Waals surface area contributed by atoms with E-state index in [-0.39, 0.29) is 17.1 Å². The van der Waals surface area contributed by atoms with E-state index in [0.29, 0.717) is 10.7 Å². The summed E-state index contributed by atoms with van der Waals surface area (Å²) >= 11 is 10.9. The van der Waals surface area contributed by atoms with Crippen molar-refractivity contribution < 1.29 is 27.5 Å². The number of halogens is 4. The third-order valence-corrected chi connectivity index (χ3v) is 4.51. The Morgan fingerprint density at radius 3 is 2.39 bits per heavy atom. The van der Waals surface area contributed by atoms with Crippen LogP contribution in [-0.4, -0.2) is 23.3 Å². The van der Waals surface area contributed by atoms with Crippen LogP contribution in [0.15, 0.2) is 48.5 Å². The highest BCUT2D eigenvalue weighted by atomic mass is 35.5. The first kappa shape index (κ1) is 20.1. The van der Waals surface area contributed by atoms with Crippen LogP contribution in [-0.2, 0) is 16.0 Å². The van der Waals surface area contributed by atoms with Crippen LogP contribution in [0.25, 0.3) is 0 Å². The molecule has 1 N–H and O–H groups in total. The number of thiocarbonyl (C=S) groups is 1. The number of nitrogens with one attached hydrogen (secondary N) is 1. The fourth-order valence-electron chi connectivity index (χ4n) is 2.75. The summed E-state index contributed by atoms with van der Waals surface area (Å²) in [6, 6.07) is 11.5. The van der Waals surface area contributed by atoms with E-state index in [1.165, 1.54) is 18.2 Å². The molecule has 0 bridgehead atoms. The van der Waals surface area contributed by atoms with Gasteiger partial charge in [-0.1, -0.05) is 29.8 Å². The Morgan fingerprint density at radius 2 is 1.75 bits per heavy atom. The minimum atomic E-state index is -4.90. The third-order valence-electron chi connectivity index (χ3n) is 3.98. The predicted molar refractivity (Wildman–Crippen MR) is 100.0 cm³/mol. The molecule has 1 aliphatic heterocycles. The standard InChI is InChI=1S/C18H12ClF3N2O3S/c19-11-5-7-12(8-6-11)24-16(26)13(15(25)23-17(24)28)9-10-3-1-2-4-14(10)27-18(20,21)22/h1-8,13H,9H2,(H,23,25,28). The van der Waals surface area contributed by atoms with Gasteiger partial charge in [-0.25, -0.2) is 0 Å². The van der Waals surface area contributed by atoms with Crippen molar-refractivity contribution in [2.75, 3.05) is 4.90 Å². The van der Waals surface area contributed by atoms with Gasteiger partial charge < -0.3 is 10.1 Å². The van der Waals surface area contributed by atoms with E-state index < -0.39 is 29.8 Å². The zero-order chi connectivity index (χ0) is 20.5.